The average molecular weight is 448 g/mol. The van der Waals surface area contributed by atoms with Crippen molar-refractivity contribution >= 4 is 0 Å². The van der Waals surface area contributed by atoms with Crippen molar-refractivity contribution in [2.24, 2.45) is 0 Å². The van der Waals surface area contributed by atoms with E-state index >= 15 is 0 Å². The third kappa shape index (κ3) is 5.51. The average Bonchev–Trinajstić information content (AvgIpc) is 2.85. The van der Waals surface area contributed by atoms with Gasteiger partial charge in [-0.2, -0.15) is 8.78 Å². The quantitative estimate of drug-likeness (QED) is 0.303. The van der Waals surface area contributed by atoms with E-state index in [0.717, 1.165) is 5.56 Å². The number of hydrogen-bond donors (Lipinski definition) is 0. The Morgan fingerprint density at radius 3 is 2.06 bits per heavy atom. The Morgan fingerprint density at radius 2 is 1.39 bits per heavy atom. The van der Waals surface area contributed by atoms with Crippen molar-refractivity contribution in [3.8, 4) is 28.6 Å². The summed E-state index contributed by atoms with van der Waals surface area (Å²) in [4.78, 5) is 8.50. The molecule has 0 bridgehead atoms. The second kappa shape index (κ2) is 10.2. The number of methoxy groups -OCH3 is 1. The number of pyridine rings is 2. The number of hydrogen-bond acceptors (Lipinski definition) is 5. The van der Waals surface area contributed by atoms with Gasteiger partial charge >= 0.3 is 0 Å². The summed E-state index contributed by atoms with van der Waals surface area (Å²) in [5.41, 5.74) is 2.07. The fourth-order valence-corrected chi connectivity index (χ4v) is 3.27. The van der Waals surface area contributed by atoms with Crippen LogP contribution < -0.4 is 9.47 Å². The van der Waals surface area contributed by atoms with E-state index in [1.54, 1.807) is 24.5 Å². The van der Waals surface area contributed by atoms with Crippen molar-refractivity contribution in [3.05, 3.63) is 102 Å². The van der Waals surface area contributed by atoms with Gasteiger partial charge < -0.3 is 14.2 Å². The molecule has 2 heterocycles. The first-order chi connectivity index (χ1) is 16.1. The largest absolute Gasteiger partial charge is 0.481 e. The van der Waals surface area contributed by atoms with Crippen LogP contribution in [0.4, 0.5) is 8.78 Å². The van der Waals surface area contributed by atoms with Gasteiger partial charge in [0.15, 0.2) is 0 Å². The van der Waals surface area contributed by atoms with E-state index in [1.807, 2.05) is 42.5 Å². The predicted molar refractivity (Wildman–Crippen MR) is 121 cm³/mol. The maximum atomic E-state index is 14.6. The number of benzene rings is 2. The fourth-order valence-electron chi connectivity index (χ4n) is 3.27. The van der Waals surface area contributed by atoms with Gasteiger partial charge in [-0.05, 0) is 54.1 Å². The molecule has 0 aliphatic heterocycles. The molecule has 0 fully saturated rings. The molecule has 4 rings (SSSR count). The molecule has 168 valence electrons. The van der Waals surface area contributed by atoms with Gasteiger partial charge in [0.05, 0.1) is 13.7 Å². The van der Waals surface area contributed by atoms with Crippen LogP contribution in [0.15, 0.2) is 91.3 Å². The summed E-state index contributed by atoms with van der Waals surface area (Å²) in [6.07, 6.45) is 3.22. The highest BCUT2D eigenvalue weighted by molar-refractivity contribution is 5.73. The van der Waals surface area contributed by atoms with Crippen LogP contribution in [-0.2, 0) is 17.3 Å². The Balaban J connectivity index is 1.46. The van der Waals surface area contributed by atoms with Gasteiger partial charge in [0.1, 0.15) is 12.4 Å². The molecule has 0 unspecified atom stereocenters. The molecule has 2 aromatic heterocycles. The van der Waals surface area contributed by atoms with Crippen LogP contribution in [0.1, 0.15) is 11.1 Å². The molecule has 7 heteroatoms. The molecule has 0 amide bonds. The highest BCUT2D eigenvalue weighted by atomic mass is 19.3. The standard InChI is InChI=1S/C26H22F2N2O3/c1-31-24-22(9-5-15-29-24)23-10-6-16-30-25(23)33-21-13-11-20(12-14-21)26(27,28)18-32-17-19-7-3-2-4-8-19/h2-16H,17-18H2,1H3. The number of aromatic nitrogens is 2. The fraction of sp³-hybridized carbons (Fsp3) is 0.154. The lowest BCUT2D eigenvalue weighted by Gasteiger charge is -2.17. The molecular formula is C26H22F2N2O3. The minimum atomic E-state index is -3.13. The first kappa shape index (κ1) is 22.4. The van der Waals surface area contributed by atoms with Gasteiger partial charge in [-0.25, -0.2) is 9.97 Å². The lowest BCUT2D eigenvalue weighted by Crippen LogP contribution is -2.21. The molecule has 0 atom stereocenters. The van der Waals surface area contributed by atoms with Crippen molar-refractivity contribution in [2.45, 2.75) is 12.5 Å². The smallest absolute Gasteiger partial charge is 0.296 e. The molecule has 4 aromatic rings. The zero-order valence-corrected chi connectivity index (χ0v) is 17.9. The van der Waals surface area contributed by atoms with E-state index in [4.69, 9.17) is 14.2 Å². The van der Waals surface area contributed by atoms with Crippen molar-refractivity contribution in [1.29, 1.82) is 0 Å². The molecule has 0 aliphatic rings. The van der Waals surface area contributed by atoms with Crippen LogP contribution in [-0.4, -0.2) is 23.7 Å². The number of ether oxygens (including phenoxy) is 3. The third-order valence-electron chi connectivity index (χ3n) is 4.91. The van der Waals surface area contributed by atoms with Crippen molar-refractivity contribution in [2.75, 3.05) is 13.7 Å². The van der Waals surface area contributed by atoms with E-state index in [2.05, 4.69) is 9.97 Å². The van der Waals surface area contributed by atoms with Gasteiger partial charge in [0.25, 0.3) is 5.92 Å². The number of alkyl halides is 2. The van der Waals surface area contributed by atoms with Gasteiger partial charge in [-0.3, -0.25) is 0 Å². The molecular weight excluding hydrogens is 426 g/mol. The maximum Gasteiger partial charge on any atom is 0.296 e. The zero-order chi connectivity index (χ0) is 23.1. The lowest BCUT2D eigenvalue weighted by atomic mass is 10.1. The minimum absolute atomic E-state index is 0.123. The SMILES string of the molecule is COc1ncccc1-c1cccnc1Oc1ccc(C(F)(F)COCc2ccccc2)cc1. The van der Waals surface area contributed by atoms with E-state index in [0.29, 0.717) is 28.6 Å². The number of nitrogens with zero attached hydrogens (tertiary/aromatic N) is 2. The first-order valence-electron chi connectivity index (χ1n) is 10.3. The molecule has 2 aromatic carbocycles. The van der Waals surface area contributed by atoms with Gasteiger partial charge in [-0.15, -0.1) is 0 Å². The van der Waals surface area contributed by atoms with Crippen LogP contribution in [0.3, 0.4) is 0 Å². The molecule has 0 N–H and O–H groups in total. The highest BCUT2D eigenvalue weighted by Crippen LogP contribution is 2.36. The molecule has 33 heavy (non-hydrogen) atoms. The van der Waals surface area contributed by atoms with Crippen LogP contribution in [0.25, 0.3) is 11.1 Å². The van der Waals surface area contributed by atoms with Crippen LogP contribution in [0.2, 0.25) is 0 Å². The normalized spacial score (nSPS) is 11.2. The molecule has 0 aliphatic carbocycles. The maximum absolute atomic E-state index is 14.6. The van der Waals surface area contributed by atoms with E-state index in [9.17, 15) is 8.78 Å². The molecule has 0 radical (unpaired) electrons. The summed E-state index contributed by atoms with van der Waals surface area (Å²) >= 11 is 0. The van der Waals surface area contributed by atoms with Crippen LogP contribution in [0.5, 0.6) is 17.5 Å². The van der Waals surface area contributed by atoms with E-state index in [1.165, 1.54) is 31.4 Å². The Kier molecular flexibility index (Phi) is 6.90. The number of rotatable bonds is 9. The summed E-state index contributed by atoms with van der Waals surface area (Å²) in [7, 11) is 1.53. The number of halogens is 2. The Labute approximate surface area is 190 Å². The Morgan fingerprint density at radius 1 is 0.758 bits per heavy atom. The molecule has 0 saturated heterocycles. The van der Waals surface area contributed by atoms with E-state index in [-0.39, 0.29) is 12.2 Å². The summed E-state index contributed by atoms with van der Waals surface area (Å²) in [5.74, 6) is -2.01. The summed E-state index contributed by atoms with van der Waals surface area (Å²) < 4.78 is 45.6. The summed E-state index contributed by atoms with van der Waals surface area (Å²) in [5, 5.41) is 0. The predicted octanol–water partition coefficient (Wildman–Crippen LogP) is 6.25. The molecule has 0 saturated carbocycles. The highest BCUT2D eigenvalue weighted by Gasteiger charge is 2.32. The monoisotopic (exact) mass is 448 g/mol. The van der Waals surface area contributed by atoms with Crippen molar-refractivity contribution < 1.29 is 23.0 Å². The van der Waals surface area contributed by atoms with Crippen molar-refractivity contribution in [1.82, 2.24) is 9.97 Å². The minimum Gasteiger partial charge on any atom is -0.481 e. The summed E-state index contributed by atoms with van der Waals surface area (Å²) in [6, 6.07) is 22.1. The van der Waals surface area contributed by atoms with Gasteiger partial charge in [-0.1, -0.05) is 30.3 Å². The Bertz CT molecular complexity index is 1190. The topological polar surface area (TPSA) is 53.5 Å². The van der Waals surface area contributed by atoms with Gasteiger partial charge in [0.2, 0.25) is 11.8 Å². The molecule has 0 spiro atoms. The zero-order valence-electron chi connectivity index (χ0n) is 17.9. The van der Waals surface area contributed by atoms with E-state index < -0.39 is 12.5 Å². The second-order valence-electron chi connectivity index (χ2n) is 7.23. The van der Waals surface area contributed by atoms with Crippen molar-refractivity contribution in [3.63, 3.8) is 0 Å². The first-order valence-corrected chi connectivity index (χ1v) is 10.3. The lowest BCUT2D eigenvalue weighted by molar-refractivity contribution is -0.0873. The third-order valence-corrected chi connectivity index (χ3v) is 4.91. The second-order valence-corrected chi connectivity index (χ2v) is 7.23. The van der Waals surface area contributed by atoms with Crippen LogP contribution >= 0.6 is 0 Å². The summed E-state index contributed by atoms with van der Waals surface area (Å²) in [6.45, 7) is -0.592. The van der Waals surface area contributed by atoms with Crippen LogP contribution in [0, 0.1) is 0 Å². The van der Waals surface area contributed by atoms with Gasteiger partial charge in [0, 0.05) is 29.1 Å². The Hall–Kier alpha value is -3.84. The molecule has 5 nitrogen and oxygen atoms in total.